The Kier molecular flexibility index (Phi) is 4.44. The Labute approximate surface area is 114 Å². The molecular weight excluding hydrogens is 269 g/mol. The van der Waals surface area contributed by atoms with E-state index in [9.17, 15) is 13.2 Å². The van der Waals surface area contributed by atoms with Gasteiger partial charge in [0.05, 0.1) is 12.1 Å². The number of nitrogens with zero attached hydrogens (tertiary/aromatic N) is 1. The third-order valence-corrected chi connectivity index (χ3v) is 2.87. The summed E-state index contributed by atoms with van der Waals surface area (Å²) in [4.78, 5) is 4.24. The first-order chi connectivity index (χ1) is 9.51. The van der Waals surface area contributed by atoms with Crippen molar-refractivity contribution in [3.05, 3.63) is 36.0 Å². The summed E-state index contributed by atoms with van der Waals surface area (Å²) in [7, 11) is 0. The normalized spacial score (nSPS) is 11.8. The van der Waals surface area contributed by atoms with E-state index >= 15 is 0 Å². The van der Waals surface area contributed by atoms with Crippen molar-refractivity contribution in [2.45, 2.75) is 25.6 Å². The lowest BCUT2D eigenvalue weighted by molar-refractivity contribution is -0.136. The molecule has 2 aromatic rings. The second-order valence-electron chi connectivity index (χ2n) is 4.40. The molecule has 0 saturated heterocycles. The summed E-state index contributed by atoms with van der Waals surface area (Å²) >= 11 is 0. The van der Waals surface area contributed by atoms with Crippen LogP contribution in [0.2, 0.25) is 0 Å². The molecule has 0 atom stereocenters. The zero-order chi connectivity index (χ0) is 14.6. The maximum atomic E-state index is 12.1. The number of hydrogen-bond acceptors (Lipinski definition) is 3. The van der Waals surface area contributed by atoms with E-state index in [1.165, 1.54) is 0 Å². The summed E-state index contributed by atoms with van der Waals surface area (Å²) in [6.07, 6.45) is -3.49. The number of para-hydroxylation sites is 1. The molecule has 108 valence electrons. The van der Waals surface area contributed by atoms with Crippen LogP contribution in [-0.2, 0) is 6.54 Å². The van der Waals surface area contributed by atoms with Crippen LogP contribution in [0.4, 0.5) is 13.2 Å². The van der Waals surface area contributed by atoms with Crippen molar-refractivity contribution in [3.63, 3.8) is 0 Å². The molecule has 0 amide bonds. The SMILES string of the molecule is NCc1cnc2ccccc2c1OCCCC(F)(F)F. The lowest BCUT2D eigenvalue weighted by atomic mass is 10.1. The Morgan fingerprint density at radius 1 is 1.20 bits per heavy atom. The molecule has 2 rings (SSSR count). The molecule has 0 aliphatic rings. The van der Waals surface area contributed by atoms with Crippen molar-refractivity contribution in [2.75, 3.05) is 6.61 Å². The van der Waals surface area contributed by atoms with Crippen LogP contribution in [0.5, 0.6) is 5.75 Å². The van der Waals surface area contributed by atoms with Crippen LogP contribution >= 0.6 is 0 Å². The maximum absolute atomic E-state index is 12.1. The first-order valence-electron chi connectivity index (χ1n) is 6.27. The largest absolute Gasteiger partial charge is 0.492 e. The Balaban J connectivity index is 2.15. The van der Waals surface area contributed by atoms with E-state index in [-0.39, 0.29) is 19.6 Å². The van der Waals surface area contributed by atoms with Gasteiger partial charge >= 0.3 is 6.18 Å². The standard InChI is InChI=1S/C14H15F3N2O/c15-14(16,17)6-3-7-20-13-10(8-18)9-19-12-5-2-1-4-11(12)13/h1-2,4-5,9H,3,6-8,18H2. The molecule has 0 saturated carbocycles. The molecule has 20 heavy (non-hydrogen) atoms. The Morgan fingerprint density at radius 2 is 1.95 bits per heavy atom. The molecule has 0 radical (unpaired) electrons. The van der Waals surface area contributed by atoms with Crippen LogP contribution in [0.3, 0.4) is 0 Å². The van der Waals surface area contributed by atoms with E-state index in [0.717, 1.165) is 10.9 Å². The van der Waals surface area contributed by atoms with Crippen molar-refractivity contribution in [1.29, 1.82) is 0 Å². The van der Waals surface area contributed by atoms with Gasteiger partial charge in [0, 0.05) is 30.1 Å². The number of ether oxygens (including phenoxy) is 1. The zero-order valence-corrected chi connectivity index (χ0v) is 10.8. The number of nitrogens with two attached hydrogens (primary N) is 1. The summed E-state index contributed by atoms with van der Waals surface area (Å²) in [5.74, 6) is 0.528. The minimum atomic E-state index is -4.15. The number of benzene rings is 1. The summed E-state index contributed by atoms with van der Waals surface area (Å²) in [5, 5.41) is 0.766. The van der Waals surface area contributed by atoms with Crippen molar-refractivity contribution < 1.29 is 17.9 Å². The Morgan fingerprint density at radius 3 is 2.65 bits per heavy atom. The average Bonchev–Trinajstić information content (AvgIpc) is 2.42. The molecule has 1 heterocycles. The smallest absolute Gasteiger partial charge is 0.389 e. The fraction of sp³-hybridized carbons (Fsp3) is 0.357. The molecule has 1 aromatic carbocycles. The fourth-order valence-electron chi connectivity index (χ4n) is 1.92. The number of rotatable bonds is 5. The van der Waals surface area contributed by atoms with E-state index in [1.54, 1.807) is 6.20 Å². The molecule has 1 aromatic heterocycles. The summed E-state index contributed by atoms with van der Waals surface area (Å²) < 4.78 is 41.8. The van der Waals surface area contributed by atoms with Gasteiger partial charge in [0.15, 0.2) is 0 Å². The summed E-state index contributed by atoms with van der Waals surface area (Å²) in [6.45, 7) is 0.229. The van der Waals surface area contributed by atoms with Crippen molar-refractivity contribution in [2.24, 2.45) is 5.73 Å². The second-order valence-corrected chi connectivity index (χ2v) is 4.40. The summed E-state index contributed by atoms with van der Waals surface area (Å²) in [5.41, 5.74) is 7.04. The van der Waals surface area contributed by atoms with E-state index in [0.29, 0.717) is 11.3 Å². The quantitative estimate of drug-likeness (QED) is 0.856. The molecule has 0 aliphatic heterocycles. The van der Waals surface area contributed by atoms with Gasteiger partial charge in [0.2, 0.25) is 0 Å². The molecule has 0 spiro atoms. The highest BCUT2D eigenvalue weighted by atomic mass is 19.4. The van der Waals surface area contributed by atoms with Crippen LogP contribution in [0.25, 0.3) is 10.9 Å². The van der Waals surface area contributed by atoms with Crippen LogP contribution in [0.15, 0.2) is 30.5 Å². The third kappa shape index (κ3) is 3.60. The predicted molar refractivity (Wildman–Crippen MR) is 70.4 cm³/mol. The second kappa shape index (κ2) is 6.09. The van der Waals surface area contributed by atoms with Gasteiger partial charge in [0.25, 0.3) is 0 Å². The van der Waals surface area contributed by atoms with Crippen molar-refractivity contribution in [3.8, 4) is 5.75 Å². The van der Waals surface area contributed by atoms with Gasteiger partial charge in [-0.2, -0.15) is 13.2 Å². The highest BCUT2D eigenvalue weighted by Gasteiger charge is 2.26. The van der Waals surface area contributed by atoms with Crippen molar-refractivity contribution >= 4 is 10.9 Å². The monoisotopic (exact) mass is 284 g/mol. The maximum Gasteiger partial charge on any atom is 0.389 e. The minimum Gasteiger partial charge on any atom is -0.492 e. The number of halogens is 3. The molecule has 0 unspecified atom stereocenters. The molecule has 0 bridgehead atoms. The number of hydrogen-bond donors (Lipinski definition) is 1. The molecule has 3 nitrogen and oxygen atoms in total. The first-order valence-corrected chi connectivity index (χ1v) is 6.27. The first kappa shape index (κ1) is 14.6. The highest BCUT2D eigenvalue weighted by molar-refractivity contribution is 5.86. The van der Waals surface area contributed by atoms with Crippen molar-refractivity contribution in [1.82, 2.24) is 4.98 Å². The van der Waals surface area contributed by atoms with Gasteiger partial charge in [0.1, 0.15) is 5.75 Å². The molecule has 0 fully saturated rings. The van der Waals surface area contributed by atoms with Gasteiger partial charge in [-0.3, -0.25) is 4.98 Å². The van der Waals surface area contributed by atoms with Crippen LogP contribution in [0.1, 0.15) is 18.4 Å². The van der Waals surface area contributed by atoms with Gasteiger partial charge < -0.3 is 10.5 Å². The van der Waals surface area contributed by atoms with Gasteiger partial charge in [-0.25, -0.2) is 0 Å². The molecular formula is C14H15F3N2O. The van der Waals surface area contributed by atoms with Crippen LogP contribution in [-0.4, -0.2) is 17.8 Å². The van der Waals surface area contributed by atoms with Gasteiger partial charge in [-0.1, -0.05) is 12.1 Å². The predicted octanol–water partition coefficient (Wildman–Crippen LogP) is 3.41. The fourth-order valence-corrected chi connectivity index (χ4v) is 1.92. The van der Waals surface area contributed by atoms with E-state index in [4.69, 9.17) is 10.5 Å². The third-order valence-electron chi connectivity index (χ3n) is 2.87. The molecule has 6 heteroatoms. The number of aromatic nitrogens is 1. The molecule has 2 N–H and O–H groups in total. The lowest BCUT2D eigenvalue weighted by Crippen LogP contribution is -2.11. The topological polar surface area (TPSA) is 48.1 Å². The number of alkyl halides is 3. The lowest BCUT2D eigenvalue weighted by Gasteiger charge is -2.13. The highest BCUT2D eigenvalue weighted by Crippen LogP contribution is 2.29. The van der Waals surface area contributed by atoms with E-state index in [1.807, 2.05) is 24.3 Å². The summed E-state index contributed by atoms with van der Waals surface area (Å²) in [6, 6.07) is 7.30. The van der Waals surface area contributed by atoms with Gasteiger partial charge in [-0.15, -0.1) is 0 Å². The number of fused-ring (bicyclic) bond motifs is 1. The zero-order valence-electron chi connectivity index (χ0n) is 10.8. The van der Waals surface area contributed by atoms with E-state index in [2.05, 4.69) is 4.98 Å². The van der Waals surface area contributed by atoms with Gasteiger partial charge in [-0.05, 0) is 18.6 Å². The van der Waals surface area contributed by atoms with E-state index < -0.39 is 12.6 Å². The Bertz CT molecular complexity index is 584. The van der Waals surface area contributed by atoms with Crippen LogP contribution < -0.4 is 10.5 Å². The molecule has 0 aliphatic carbocycles. The van der Waals surface area contributed by atoms with Crippen LogP contribution in [0, 0.1) is 0 Å². The number of pyridine rings is 1. The average molecular weight is 284 g/mol. The minimum absolute atomic E-state index is 0.000514. The Hall–Kier alpha value is -1.82.